The summed E-state index contributed by atoms with van der Waals surface area (Å²) in [6, 6.07) is 13.1. The van der Waals surface area contributed by atoms with Crippen molar-refractivity contribution in [1.82, 2.24) is 18.9 Å². The van der Waals surface area contributed by atoms with E-state index < -0.39 is 11.2 Å². The van der Waals surface area contributed by atoms with Gasteiger partial charge in [0.05, 0.1) is 25.9 Å². The molecule has 1 aromatic carbocycles. The number of nitrogen functional groups attached to an aromatic ring is 1. The molecule has 0 unspecified atom stereocenters. The van der Waals surface area contributed by atoms with Crippen LogP contribution in [0.25, 0.3) is 0 Å². The summed E-state index contributed by atoms with van der Waals surface area (Å²) >= 11 is 0. The van der Waals surface area contributed by atoms with Gasteiger partial charge in [0.2, 0.25) is 0 Å². The molecule has 0 radical (unpaired) electrons. The second kappa shape index (κ2) is 9.37. The van der Waals surface area contributed by atoms with Gasteiger partial charge in [0.1, 0.15) is 17.1 Å². The van der Waals surface area contributed by atoms with Crippen LogP contribution in [0.15, 0.2) is 62.7 Å². The van der Waals surface area contributed by atoms with Crippen LogP contribution in [0.1, 0.15) is 21.7 Å². The maximum atomic E-state index is 13.1. The fraction of sp³-hybridized carbons (Fsp3) is 0.348. The summed E-state index contributed by atoms with van der Waals surface area (Å²) in [7, 11) is 1.37. The number of aromatic nitrogens is 2. The van der Waals surface area contributed by atoms with Crippen LogP contribution in [0, 0.1) is 0 Å². The van der Waals surface area contributed by atoms with Crippen LogP contribution in [0.2, 0.25) is 0 Å². The number of hydrogen-bond acceptors (Lipinski definition) is 7. The third-order valence-electron chi connectivity index (χ3n) is 5.84. The molecule has 32 heavy (non-hydrogen) atoms. The standard InChI is InChI=1S/C23H27N5O4/c1-25-22(30)20(21(24)28(23(25)31)14-17-6-3-2-4-7-17)19(29)16-27-11-9-26(10-12-27)15-18-8-5-13-32-18/h2-8,13H,9-12,14-16,24H2,1H3. The summed E-state index contributed by atoms with van der Waals surface area (Å²) in [5, 5.41) is 0. The Hall–Kier alpha value is -3.43. The van der Waals surface area contributed by atoms with Gasteiger partial charge in [-0.15, -0.1) is 0 Å². The molecule has 4 rings (SSSR count). The summed E-state index contributed by atoms with van der Waals surface area (Å²) in [6.45, 7) is 3.95. The van der Waals surface area contributed by atoms with Crippen LogP contribution in [-0.2, 0) is 20.1 Å². The summed E-state index contributed by atoms with van der Waals surface area (Å²) in [5.74, 6) is 0.458. The zero-order chi connectivity index (χ0) is 22.7. The molecule has 2 aromatic heterocycles. The molecule has 2 N–H and O–H groups in total. The van der Waals surface area contributed by atoms with Crippen molar-refractivity contribution in [2.45, 2.75) is 13.1 Å². The lowest BCUT2D eigenvalue weighted by Crippen LogP contribution is -2.49. The largest absolute Gasteiger partial charge is 0.468 e. The third-order valence-corrected chi connectivity index (χ3v) is 5.84. The van der Waals surface area contributed by atoms with Crippen molar-refractivity contribution in [2.24, 2.45) is 7.05 Å². The molecule has 0 bridgehead atoms. The van der Waals surface area contributed by atoms with Gasteiger partial charge in [0.15, 0.2) is 5.78 Å². The van der Waals surface area contributed by atoms with Gasteiger partial charge in [-0.25, -0.2) is 4.79 Å². The minimum Gasteiger partial charge on any atom is -0.468 e. The zero-order valence-corrected chi connectivity index (χ0v) is 18.1. The van der Waals surface area contributed by atoms with Gasteiger partial charge in [0, 0.05) is 33.2 Å². The minimum atomic E-state index is -0.654. The normalized spacial score (nSPS) is 15.2. The minimum absolute atomic E-state index is 0.0802. The van der Waals surface area contributed by atoms with E-state index in [0.717, 1.165) is 35.5 Å². The highest BCUT2D eigenvalue weighted by Crippen LogP contribution is 2.12. The van der Waals surface area contributed by atoms with E-state index in [1.165, 1.54) is 11.6 Å². The van der Waals surface area contributed by atoms with Crippen LogP contribution in [0.4, 0.5) is 5.82 Å². The van der Waals surface area contributed by atoms with E-state index in [-0.39, 0.29) is 30.3 Å². The topological polar surface area (TPSA) is 107 Å². The predicted octanol–water partition coefficient (Wildman–Crippen LogP) is 0.771. The van der Waals surface area contributed by atoms with Gasteiger partial charge >= 0.3 is 5.69 Å². The van der Waals surface area contributed by atoms with Gasteiger partial charge in [-0.05, 0) is 17.7 Å². The first-order valence-electron chi connectivity index (χ1n) is 10.6. The number of rotatable bonds is 7. The maximum Gasteiger partial charge on any atom is 0.332 e. The Labute approximate surface area is 185 Å². The molecule has 9 nitrogen and oxygen atoms in total. The van der Waals surface area contributed by atoms with E-state index in [0.29, 0.717) is 13.1 Å². The monoisotopic (exact) mass is 437 g/mol. The molecular formula is C23H27N5O4. The van der Waals surface area contributed by atoms with Gasteiger partial charge in [-0.1, -0.05) is 30.3 Å². The number of Topliss-reactive ketones (excluding diaryl/α,β-unsaturated/α-hetero) is 1. The Morgan fingerprint density at radius 3 is 2.31 bits per heavy atom. The molecule has 0 saturated carbocycles. The second-order valence-corrected chi connectivity index (χ2v) is 8.03. The molecule has 3 aromatic rings. The van der Waals surface area contributed by atoms with Crippen molar-refractivity contribution in [1.29, 1.82) is 0 Å². The number of anilines is 1. The first-order valence-corrected chi connectivity index (χ1v) is 10.6. The van der Waals surface area contributed by atoms with E-state index in [9.17, 15) is 14.4 Å². The van der Waals surface area contributed by atoms with Crippen molar-refractivity contribution in [2.75, 3.05) is 38.5 Å². The number of piperazine rings is 1. The summed E-state index contributed by atoms with van der Waals surface area (Å²) in [5.41, 5.74) is 5.73. The van der Waals surface area contributed by atoms with E-state index >= 15 is 0 Å². The Morgan fingerprint density at radius 2 is 1.66 bits per heavy atom. The van der Waals surface area contributed by atoms with Gasteiger partial charge in [-0.3, -0.25) is 28.5 Å². The van der Waals surface area contributed by atoms with Crippen molar-refractivity contribution < 1.29 is 9.21 Å². The quantitative estimate of drug-likeness (QED) is 0.544. The molecule has 1 aliphatic rings. The highest BCUT2D eigenvalue weighted by atomic mass is 16.3. The molecular weight excluding hydrogens is 410 g/mol. The average molecular weight is 438 g/mol. The van der Waals surface area contributed by atoms with E-state index in [1.54, 1.807) is 6.26 Å². The zero-order valence-electron chi connectivity index (χ0n) is 18.1. The van der Waals surface area contributed by atoms with Crippen molar-refractivity contribution in [3.63, 3.8) is 0 Å². The number of ketones is 1. The lowest BCUT2D eigenvalue weighted by Gasteiger charge is -2.33. The fourth-order valence-electron chi connectivity index (χ4n) is 3.97. The third kappa shape index (κ3) is 4.58. The van der Waals surface area contributed by atoms with Crippen LogP contribution in [-0.4, -0.2) is 57.4 Å². The number of furan rings is 1. The highest BCUT2D eigenvalue weighted by molar-refractivity contribution is 6.01. The van der Waals surface area contributed by atoms with Crippen LogP contribution < -0.4 is 17.0 Å². The van der Waals surface area contributed by atoms with Crippen molar-refractivity contribution in [3.8, 4) is 0 Å². The summed E-state index contributed by atoms with van der Waals surface area (Å²) < 4.78 is 7.63. The van der Waals surface area contributed by atoms with Crippen LogP contribution in [0.5, 0.6) is 0 Å². The molecule has 1 fully saturated rings. The summed E-state index contributed by atoms with van der Waals surface area (Å²) in [4.78, 5) is 42.7. The SMILES string of the molecule is Cn1c(=O)c(C(=O)CN2CCN(Cc3ccco3)CC2)c(N)n(Cc2ccccc2)c1=O. The number of nitrogens with zero attached hydrogens (tertiary/aromatic N) is 4. The number of hydrogen-bond donors (Lipinski definition) is 1. The Morgan fingerprint density at radius 1 is 0.969 bits per heavy atom. The number of carbonyl (C=O) groups excluding carboxylic acids is 1. The lowest BCUT2D eigenvalue weighted by atomic mass is 10.1. The second-order valence-electron chi connectivity index (χ2n) is 8.03. The van der Waals surface area contributed by atoms with Gasteiger partial charge in [-0.2, -0.15) is 0 Å². The van der Waals surface area contributed by atoms with Gasteiger partial charge < -0.3 is 10.2 Å². The maximum absolute atomic E-state index is 13.1. The molecule has 0 atom stereocenters. The molecule has 168 valence electrons. The number of carbonyl (C=O) groups is 1. The molecule has 0 aliphatic carbocycles. The first-order chi connectivity index (χ1) is 15.4. The van der Waals surface area contributed by atoms with Crippen molar-refractivity contribution in [3.05, 3.63) is 86.5 Å². The molecule has 1 saturated heterocycles. The van der Waals surface area contributed by atoms with E-state index in [1.807, 2.05) is 47.4 Å². The predicted molar refractivity (Wildman–Crippen MR) is 121 cm³/mol. The van der Waals surface area contributed by atoms with Crippen molar-refractivity contribution >= 4 is 11.6 Å². The molecule has 1 aliphatic heterocycles. The average Bonchev–Trinajstić information content (AvgIpc) is 3.30. The van der Waals surface area contributed by atoms with E-state index in [4.69, 9.17) is 10.2 Å². The van der Waals surface area contributed by atoms with E-state index in [2.05, 4.69) is 4.90 Å². The summed E-state index contributed by atoms with van der Waals surface area (Å²) in [6.07, 6.45) is 1.66. The first kappa shape index (κ1) is 21.8. The molecule has 0 amide bonds. The molecule has 3 heterocycles. The molecule has 0 spiro atoms. The van der Waals surface area contributed by atoms with Crippen LogP contribution in [0.3, 0.4) is 0 Å². The molecule has 9 heteroatoms. The Kier molecular flexibility index (Phi) is 6.38. The Balaban J connectivity index is 1.49. The van der Waals surface area contributed by atoms with Gasteiger partial charge in [0.25, 0.3) is 5.56 Å². The Bertz CT molecular complexity index is 1190. The smallest absolute Gasteiger partial charge is 0.332 e. The lowest BCUT2D eigenvalue weighted by molar-refractivity contribution is 0.0832. The highest BCUT2D eigenvalue weighted by Gasteiger charge is 2.25. The fourth-order valence-corrected chi connectivity index (χ4v) is 3.97. The number of benzene rings is 1. The van der Waals surface area contributed by atoms with Crippen LogP contribution >= 0.6 is 0 Å². The number of nitrogens with two attached hydrogens (primary N) is 1.